The molecule has 2 unspecified atom stereocenters. The lowest BCUT2D eigenvalue weighted by Gasteiger charge is -2.48. The molecule has 2 heterocycles. The Balaban J connectivity index is 1.89. The van der Waals surface area contributed by atoms with E-state index in [2.05, 4.69) is 65.2 Å². The summed E-state index contributed by atoms with van der Waals surface area (Å²) in [7, 11) is 0. The third-order valence-electron chi connectivity index (χ3n) is 5.72. The molecule has 4 heteroatoms. The molecule has 24 heavy (non-hydrogen) atoms. The molecule has 0 aromatic rings. The van der Waals surface area contributed by atoms with Gasteiger partial charge < -0.3 is 9.47 Å². The first-order valence-electron chi connectivity index (χ1n) is 9.78. The Labute approximate surface area is 149 Å². The van der Waals surface area contributed by atoms with Crippen LogP contribution in [0.4, 0.5) is 0 Å². The van der Waals surface area contributed by atoms with Crippen molar-refractivity contribution in [3.8, 4) is 0 Å². The number of morpholine rings is 2. The minimum Gasteiger partial charge on any atom is -0.375 e. The molecule has 0 saturated carbocycles. The van der Waals surface area contributed by atoms with Crippen molar-refractivity contribution < 1.29 is 9.47 Å². The fourth-order valence-electron chi connectivity index (χ4n) is 4.27. The van der Waals surface area contributed by atoms with Crippen molar-refractivity contribution in [2.24, 2.45) is 0 Å². The molecule has 4 atom stereocenters. The Morgan fingerprint density at radius 3 is 2.04 bits per heavy atom. The molecule has 2 rings (SSSR count). The van der Waals surface area contributed by atoms with Gasteiger partial charge in [0.1, 0.15) is 0 Å². The van der Waals surface area contributed by atoms with Gasteiger partial charge in [-0.15, -0.1) is 0 Å². The van der Waals surface area contributed by atoms with Crippen LogP contribution in [0, 0.1) is 0 Å². The Bertz CT molecular complexity index is 395. The largest absolute Gasteiger partial charge is 0.375 e. The van der Waals surface area contributed by atoms with E-state index < -0.39 is 0 Å². The summed E-state index contributed by atoms with van der Waals surface area (Å²) in [4.78, 5) is 5.21. The van der Waals surface area contributed by atoms with Gasteiger partial charge in [0.2, 0.25) is 0 Å². The zero-order valence-electron chi connectivity index (χ0n) is 17.3. The predicted octanol–water partition coefficient (Wildman–Crippen LogP) is 3.54. The summed E-state index contributed by atoms with van der Waals surface area (Å²) in [6, 6.07) is 0.509. The third-order valence-corrected chi connectivity index (χ3v) is 5.72. The van der Waals surface area contributed by atoms with Crippen molar-refractivity contribution in [3.63, 3.8) is 0 Å². The van der Waals surface area contributed by atoms with E-state index in [0.29, 0.717) is 24.4 Å². The maximum atomic E-state index is 6.16. The fourth-order valence-corrected chi connectivity index (χ4v) is 4.27. The van der Waals surface area contributed by atoms with Crippen LogP contribution in [0.1, 0.15) is 68.2 Å². The summed E-state index contributed by atoms with van der Waals surface area (Å²) in [5.74, 6) is 0. The number of hydrogen-bond acceptors (Lipinski definition) is 4. The van der Waals surface area contributed by atoms with Crippen LogP contribution in [0.15, 0.2) is 0 Å². The summed E-state index contributed by atoms with van der Waals surface area (Å²) in [5, 5.41) is 0. The van der Waals surface area contributed by atoms with Crippen molar-refractivity contribution >= 4 is 0 Å². The number of ether oxygens (including phenoxy) is 2. The minimum absolute atomic E-state index is 0.200. The van der Waals surface area contributed by atoms with Crippen LogP contribution in [-0.4, -0.2) is 71.5 Å². The van der Waals surface area contributed by atoms with E-state index in [4.69, 9.17) is 9.47 Å². The zero-order chi connectivity index (χ0) is 18.1. The van der Waals surface area contributed by atoms with Crippen molar-refractivity contribution in [3.05, 3.63) is 0 Å². The molecule has 0 bridgehead atoms. The molecule has 0 N–H and O–H groups in total. The van der Waals surface area contributed by atoms with Crippen molar-refractivity contribution in [2.45, 2.75) is 104 Å². The summed E-state index contributed by atoms with van der Waals surface area (Å²) in [6.07, 6.45) is 3.32. The number of rotatable bonds is 4. The summed E-state index contributed by atoms with van der Waals surface area (Å²) in [5.41, 5.74) is 0.414. The van der Waals surface area contributed by atoms with E-state index in [9.17, 15) is 0 Å². The van der Waals surface area contributed by atoms with Gasteiger partial charge >= 0.3 is 0 Å². The van der Waals surface area contributed by atoms with Crippen LogP contribution >= 0.6 is 0 Å². The van der Waals surface area contributed by atoms with Crippen molar-refractivity contribution in [1.29, 1.82) is 0 Å². The van der Waals surface area contributed by atoms with Gasteiger partial charge in [0.15, 0.2) is 0 Å². The predicted molar refractivity (Wildman–Crippen MR) is 101 cm³/mol. The van der Waals surface area contributed by atoms with E-state index in [1.165, 1.54) is 6.42 Å². The van der Waals surface area contributed by atoms with Gasteiger partial charge in [-0.2, -0.15) is 0 Å². The monoisotopic (exact) mass is 340 g/mol. The summed E-state index contributed by atoms with van der Waals surface area (Å²) < 4.78 is 12.1. The van der Waals surface area contributed by atoms with Crippen molar-refractivity contribution in [1.82, 2.24) is 9.80 Å². The topological polar surface area (TPSA) is 24.9 Å². The molecule has 0 aromatic heterocycles. The standard InChI is InChI=1S/C20H40N2O2/c1-15-14-23-18(13-22(15)19(4,5)6)9-10-20(7,8)21-11-16(2)24-17(3)12-21/h15-18H,9-14H2,1-8H3/t15?,16-,17-,18?/m1/s1. The van der Waals surface area contributed by atoms with E-state index in [-0.39, 0.29) is 11.1 Å². The highest BCUT2D eigenvalue weighted by atomic mass is 16.5. The maximum Gasteiger partial charge on any atom is 0.0703 e. The average molecular weight is 341 g/mol. The number of nitrogens with zero attached hydrogens (tertiary/aromatic N) is 2. The molecule has 0 aliphatic carbocycles. The lowest BCUT2D eigenvalue weighted by molar-refractivity contribution is -0.110. The summed E-state index contributed by atoms with van der Waals surface area (Å²) >= 11 is 0. The molecule has 0 radical (unpaired) electrons. The molecule has 2 fully saturated rings. The second-order valence-corrected chi connectivity index (χ2v) is 9.64. The molecule has 0 amide bonds. The second-order valence-electron chi connectivity index (χ2n) is 9.64. The first kappa shape index (κ1) is 20.2. The van der Waals surface area contributed by atoms with Crippen LogP contribution in [0.3, 0.4) is 0 Å². The van der Waals surface area contributed by atoms with Gasteiger partial charge in [0.25, 0.3) is 0 Å². The number of hydrogen-bond donors (Lipinski definition) is 0. The second kappa shape index (κ2) is 7.61. The molecule has 2 aliphatic heterocycles. The Morgan fingerprint density at radius 1 is 0.917 bits per heavy atom. The van der Waals surface area contributed by atoms with Gasteiger partial charge in [-0.05, 0) is 68.2 Å². The maximum absolute atomic E-state index is 6.16. The van der Waals surface area contributed by atoms with Crippen LogP contribution in [0.2, 0.25) is 0 Å². The molecule has 2 aliphatic rings. The van der Waals surface area contributed by atoms with Gasteiger partial charge in [0.05, 0.1) is 24.9 Å². The van der Waals surface area contributed by atoms with E-state index in [1.807, 2.05) is 0 Å². The molecule has 142 valence electrons. The highest BCUT2D eigenvalue weighted by molar-refractivity contribution is 4.90. The van der Waals surface area contributed by atoms with E-state index in [1.54, 1.807) is 0 Å². The van der Waals surface area contributed by atoms with Crippen LogP contribution in [0.5, 0.6) is 0 Å². The SMILES string of the molecule is CC1COC(CCC(C)(C)N2C[C@@H](C)O[C@H](C)C2)CN1C(C)(C)C. The first-order chi connectivity index (χ1) is 11.0. The molecule has 0 aromatic carbocycles. The lowest BCUT2D eigenvalue weighted by Crippen LogP contribution is -2.57. The van der Waals surface area contributed by atoms with Crippen LogP contribution in [-0.2, 0) is 9.47 Å². The highest BCUT2D eigenvalue weighted by Gasteiger charge is 2.36. The third kappa shape index (κ3) is 5.17. The van der Waals surface area contributed by atoms with Gasteiger partial charge in [-0.1, -0.05) is 0 Å². The van der Waals surface area contributed by atoms with E-state index >= 15 is 0 Å². The van der Waals surface area contributed by atoms with E-state index in [0.717, 1.165) is 32.7 Å². The zero-order valence-corrected chi connectivity index (χ0v) is 17.3. The lowest BCUT2D eigenvalue weighted by atomic mass is 9.91. The van der Waals surface area contributed by atoms with Crippen LogP contribution < -0.4 is 0 Å². The minimum atomic E-state index is 0.200. The van der Waals surface area contributed by atoms with Gasteiger partial charge in [-0.25, -0.2) is 0 Å². The highest BCUT2D eigenvalue weighted by Crippen LogP contribution is 2.29. The average Bonchev–Trinajstić information content (AvgIpc) is 2.44. The quantitative estimate of drug-likeness (QED) is 0.781. The Morgan fingerprint density at radius 2 is 1.50 bits per heavy atom. The molecule has 0 spiro atoms. The molecular formula is C20H40N2O2. The smallest absolute Gasteiger partial charge is 0.0703 e. The summed E-state index contributed by atoms with van der Waals surface area (Å²) in [6.45, 7) is 22.3. The van der Waals surface area contributed by atoms with Crippen LogP contribution in [0.25, 0.3) is 0 Å². The Kier molecular flexibility index (Phi) is 6.39. The fraction of sp³-hybridized carbons (Fsp3) is 1.00. The first-order valence-corrected chi connectivity index (χ1v) is 9.78. The normalized spacial score (nSPS) is 34.5. The Hall–Kier alpha value is -0.160. The van der Waals surface area contributed by atoms with Gasteiger partial charge in [-0.3, -0.25) is 9.80 Å². The van der Waals surface area contributed by atoms with Crippen molar-refractivity contribution in [2.75, 3.05) is 26.2 Å². The van der Waals surface area contributed by atoms with Gasteiger partial charge in [0, 0.05) is 36.8 Å². The molecule has 4 nitrogen and oxygen atoms in total. The molecule has 2 saturated heterocycles. The molecular weight excluding hydrogens is 300 g/mol.